The molecule has 9 rings (SSSR count). The van der Waals surface area contributed by atoms with E-state index in [0.29, 0.717) is 17.5 Å². The Morgan fingerprint density at radius 2 is 0.500 bits per heavy atom. The average molecular weight is 690 g/mol. The lowest BCUT2D eigenvalue weighted by Gasteiger charge is -2.14. The Morgan fingerprint density at radius 1 is 0.185 bits per heavy atom. The zero-order valence-electron chi connectivity index (χ0n) is 29.5. The van der Waals surface area contributed by atoms with Crippen molar-refractivity contribution in [2.45, 2.75) is 0 Å². The van der Waals surface area contributed by atoms with Gasteiger partial charge in [-0.05, 0) is 86.0 Å². The van der Waals surface area contributed by atoms with Gasteiger partial charge in [0.15, 0.2) is 17.5 Å². The zero-order chi connectivity index (χ0) is 36.1. The monoisotopic (exact) mass is 689 g/mol. The minimum atomic E-state index is 0.618. The van der Waals surface area contributed by atoms with E-state index >= 15 is 0 Å². The van der Waals surface area contributed by atoms with E-state index in [1.807, 2.05) is 24.3 Å². The van der Waals surface area contributed by atoms with E-state index in [4.69, 9.17) is 15.0 Å². The molecule has 0 saturated carbocycles. The van der Waals surface area contributed by atoms with Crippen molar-refractivity contribution in [2.24, 2.45) is 0 Å². The number of rotatable bonds is 8. The summed E-state index contributed by atoms with van der Waals surface area (Å²) >= 11 is 0. The molecule has 0 aliphatic rings. The number of hydrogen-bond acceptors (Lipinski definition) is 3. The van der Waals surface area contributed by atoms with Crippen LogP contribution in [0.1, 0.15) is 0 Å². The fraction of sp³-hybridized carbons (Fsp3) is 0. The molecule has 0 amide bonds. The molecular formula is C51H35N3. The van der Waals surface area contributed by atoms with E-state index in [1.165, 1.54) is 11.1 Å². The SMILES string of the molecule is c1ccc(-c2cccc(-c3cccc(-c4nc(-c5cccc(-c6ccccc6)c5)nc(-c5ccc(-c6ccccc6)cc5-c5ccccc5)n4)c3)c2)cc1. The summed E-state index contributed by atoms with van der Waals surface area (Å²) in [7, 11) is 0. The molecule has 254 valence electrons. The third kappa shape index (κ3) is 6.87. The van der Waals surface area contributed by atoms with Crippen LogP contribution in [0.4, 0.5) is 0 Å². The minimum absolute atomic E-state index is 0.618. The Labute approximate surface area is 316 Å². The molecule has 3 heteroatoms. The van der Waals surface area contributed by atoms with Gasteiger partial charge in [0.05, 0.1) is 0 Å². The van der Waals surface area contributed by atoms with Crippen molar-refractivity contribution in [3.63, 3.8) is 0 Å². The highest BCUT2D eigenvalue weighted by Gasteiger charge is 2.18. The molecule has 0 atom stereocenters. The Bertz CT molecular complexity index is 2690. The van der Waals surface area contributed by atoms with Crippen molar-refractivity contribution in [3.8, 4) is 89.8 Å². The van der Waals surface area contributed by atoms with Gasteiger partial charge in [-0.3, -0.25) is 0 Å². The molecule has 0 aliphatic carbocycles. The molecule has 0 radical (unpaired) electrons. The van der Waals surface area contributed by atoms with Crippen molar-refractivity contribution >= 4 is 0 Å². The lowest BCUT2D eigenvalue weighted by atomic mass is 9.94. The van der Waals surface area contributed by atoms with Gasteiger partial charge in [0.25, 0.3) is 0 Å². The molecule has 0 bridgehead atoms. The maximum absolute atomic E-state index is 5.25. The van der Waals surface area contributed by atoms with Gasteiger partial charge >= 0.3 is 0 Å². The Balaban J connectivity index is 1.21. The first-order chi connectivity index (χ1) is 26.7. The summed E-state index contributed by atoms with van der Waals surface area (Å²) in [5, 5.41) is 0. The van der Waals surface area contributed by atoms with Crippen LogP contribution in [-0.2, 0) is 0 Å². The summed E-state index contributed by atoms with van der Waals surface area (Å²) in [5.41, 5.74) is 14.1. The fourth-order valence-electron chi connectivity index (χ4n) is 6.98. The molecule has 0 saturated heterocycles. The number of aromatic nitrogens is 3. The topological polar surface area (TPSA) is 38.7 Å². The summed E-state index contributed by atoms with van der Waals surface area (Å²) in [6.45, 7) is 0. The smallest absolute Gasteiger partial charge is 0.164 e. The van der Waals surface area contributed by atoms with Crippen LogP contribution in [0.25, 0.3) is 89.8 Å². The molecule has 0 spiro atoms. The standard InChI is InChI=1S/C51H35N3/c1-5-16-36(17-6-1)40-24-13-26-42(32-40)43-27-15-29-46(34-43)50-52-49(45-28-14-25-41(33-45)37-18-7-2-8-19-37)53-51(54-50)47-31-30-44(38-20-9-3-10-21-38)35-48(47)39-22-11-4-12-23-39/h1-35H. The Kier molecular flexibility index (Phi) is 8.94. The average Bonchev–Trinajstić information content (AvgIpc) is 3.27. The van der Waals surface area contributed by atoms with Crippen LogP contribution in [0.2, 0.25) is 0 Å². The first-order valence-corrected chi connectivity index (χ1v) is 18.2. The van der Waals surface area contributed by atoms with Crippen LogP contribution < -0.4 is 0 Å². The van der Waals surface area contributed by atoms with Gasteiger partial charge in [-0.1, -0.05) is 182 Å². The van der Waals surface area contributed by atoms with Gasteiger partial charge in [-0.25, -0.2) is 15.0 Å². The van der Waals surface area contributed by atoms with E-state index in [9.17, 15) is 0 Å². The molecule has 54 heavy (non-hydrogen) atoms. The molecule has 9 aromatic rings. The lowest BCUT2D eigenvalue weighted by Crippen LogP contribution is -2.01. The second-order valence-electron chi connectivity index (χ2n) is 13.3. The minimum Gasteiger partial charge on any atom is -0.208 e. The van der Waals surface area contributed by atoms with Crippen LogP contribution in [0.3, 0.4) is 0 Å². The van der Waals surface area contributed by atoms with Gasteiger partial charge in [0, 0.05) is 16.7 Å². The van der Waals surface area contributed by atoms with Crippen molar-refractivity contribution in [3.05, 3.63) is 212 Å². The van der Waals surface area contributed by atoms with E-state index < -0.39 is 0 Å². The fourth-order valence-corrected chi connectivity index (χ4v) is 6.98. The molecule has 1 aromatic heterocycles. The predicted molar refractivity (Wildman–Crippen MR) is 223 cm³/mol. The van der Waals surface area contributed by atoms with Crippen LogP contribution in [0, 0.1) is 0 Å². The third-order valence-corrected chi connectivity index (χ3v) is 9.74. The summed E-state index contributed by atoms with van der Waals surface area (Å²) in [6, 6.07) is 74.1. The summed E-state index contributed by atoms with van der Waals surface area (Å²) in [5.74, 6) is 1.86. The van der Waals surface area contributed by atoms with E-state index in [1.54, 1.807) is 0 Å². The second-order valence-corrected chi connectivity index (χ2v) is 13.3. The molecular weight excluding hydrogens is 655 g/mol. The van der Waals surface area contributed by atoms with E-state index in [2.05, 4.69) is 188 Å². The largest absolute Gasteiger partial charge is 0.208 e. The molecule has 1 heterocycles. The van der Waals surface area contributed by atoms with Crippen molar-refractivity contribution < 1.29 is 0 Å². The highest BCUT2D eigenvalue weighted by molar-refractivity contribution is 5.86. The predicted octanol–water partition coefficient (Wildman–Crippen LogP) is 13.2. The van der Waals surface area contributed by atoms with Gasteiger partial charge in [0.1, 0.15) is 0 Å². The first kappa shape index (κ1) is 32.7. The maximum atomic E-state index is 5.25. The van der Waals surface area contributed by atoms with Crippen LogP contribution >= 0.6 is 0 Å². The van der Waals surface area contributed by atoms with Crippen molar-refractivity contribution in [1.29, 1.82) is 0 Å². The van der Waals surface area contributed by atoms with Gasteiger partial charge < -0.3 is 0 Å². The highest BCUT2D eigenvalue weighted by Crippen LogP contribution is 2.37. The number of nitrogens with zero attached hydrogens (tertiary/aromatic N) is 3. The van der Waals surface area contributed by atoms with Crippen molar-refractivity contribution in [2.75, 3.05) is 0 Å². The zero-order valence-corrected chi connectivity index (χ0v) is 29.5. The van der Waals surface area contributed by atoms with E-state index in [-0.39, 0.29) is 0 Å². The Morgan fingerprint density at radius 3 is 0.944 bits per heavy atom. The lowest BCUT2D eigenvalue weighted by molar-refractivity contribution is 1.07. The molecule has 0 unspecified atom stereocenters. The second kappa shape index (κ2) is 14.8. The molecule has 3 nitrogen and oxygen atoms in total. The first-order valence-electron chi connectivity index (χ1n) is 18.2. The number of hydrogen-bond donors (Lipinski definition) is 0. The van der Waals surface area contributed by atoms with Gasteiger partial charge in [0.2, 0.25) is 0 Å². The normalized spacial score (nSPS) is 11.0. The maximum Gasteiger partial charge on any atom is 0.164 e. The molecule has 0 aliphatic heterocycles. The van der Waals surface area contributed by atoms with Crippen LogP contribution in [-0.4, -0.2) is 15.0 Å². The third-order valence-electron chi connectivity index (χ3n) is 9.74. The Hall–Kier alpha value is -7.23. The molecule has 0 fully saturated rings. The number of benzene rings is 8. The van der Waals surface area contributed by atoms with Crippen LogP contribution in [0.15, 0.2) is 212 Å². The molecule has 0 N–H and O–H groups in total. The van der Waals surface area contributed by atoms with E-state index in [0.717, 1.165) is 61.2 Å². The van der Waals surface area contributed by atoms with Gasteiger partial charge in [-0.15, -0.1) is 0 Å². The van der Waals surface area contributed by atoms with Crippen LogP contribution in [0.5, 0.6) is 0 Å². The highest BCUT2D eigenvalue weighted by atomic mass is 15.0. The van der Waals surface area contributed by atoms with Crippen molar-refractivity contribution in [1.82, 2.24) is 15.0 Å². The summed E-state index contributed by atoms with van der Waals surface area (Å²) < 4.78 is 0. The molecule has 8 aromatic carbocycles. The summed E-state index contributed by atoms with van der Waals surface area (Å²) in [6.07, 6.45) is 0. The quantitative estimate of drug-likeness (QED) is 0.159. The summed E-state index contributed by atoms with van der Waals surface area (Å²) in [4.78, 5) is 15.7. The van der Waals surface area contributed by atoms with Gasteiger partial charge in [-0.2, -0.15) is 0 Å².